The van der Waals surface area contributed by atoms with Crippen LogP contribution in [-0.4, -0.2) is 22.0 Å². The molecule has 4 nitrogen and oxygen atoms in total. The monoisotopic (exact) mass is 441 g/mol. The zero-order chi connectivity index (χ0) is 21.1. The van der Waals surface area contributed by atoms with Gasteiger partial charge in [0.1, 0.15) is 11.6 Å². The summed E-state index contributed by atoms with van der Waals surface area (Å²) in [4.78, 5) is 17.0. The van der Waals surface area contributed by atoms with Crippen LogP contribution in [0.2, 0.25) is 10.0 Å². The van der Waals surface area contributed by atoms with Crippen LogP contribution in [0.25, 0.3) is 11.0 Å². The summed E-state index contributed by atoms with van der Waals surface area (Å²) >= 11 is 12.7. The molecule has 3 aromatic carbocycles. The summed E-state index contributed by atoms with van der Waals surface area (Å²) in [6.45, 7) is 0.857. The maximum Gasteiger partial charge on any atom is 0.251 e. The van der Waals surface area contributed by atoms with Gasteiger partial charge in [0.2, 0.25) is 0 Å². The Labute approximate surface area is 183 Å². The van der Waals surface area contributed by atoms with E-state index in [0.717, 1.165) is 22.4 Å². The van der Waals surface area contributed by atoms with Crippen LogP contribution in [0.1, 0.15) is 21.7 Å². The van der Waals surface area contributed by atoms with Gasteiger partial charge in [-0.15, -0.1) is 0 Å². The zero-order valence-electron chi connectivity index (χ0n) is 15.9. The molecule has 0 aliphatic heterocycles. The lowest BCUT2D eigenvalue weighted by molar-refractivity contribution is 0.0954. The Morgan fingerprint density at radius 1 is 0.967 bits per heavy atom. The average molecular weight is 442 g/mol. The molecule has 0 aliphatic rings. The number of fused-ring (bicyclic) bond motifs is 1. The first-order valence-corrected chi connectivity index (χ1v) is 10.2. The molecule has 152 valence electrons. The Morgan fingerprint density at radius 3 is 2.40 bits per heavy atom. The van der Waals surface area contributed by atoms with Crippen LogP contribution in [0, 0.1) is 5.82 Å². The molecule has 0 atom stereocenters. The van der Waals surface area contributed by atoms with Crippen LogP contribution in [0.3, 0.4) is 0 Å². The minimum absolute atomic E-state index is 0.258. The molecular formula is C23H18Cl2FN3O. The van der Waals surface area contributed by atoms with Crippen molar-refractivity contribution in [2.45, 2.75) is 13.0 Å². The lowest BCUT2D eigenvalue weighted by Gasteiger charge is -2.12. The zero-order valence-corrected chi connectivity index (χ0v) is 17.4. The van der Waals surface area contributed by atoms with Crippen molar-refractivity contribution in [2.75, 3.05) is 6.54 Å². The van der Waals surface area contributed by atoms with E-state index in [9.17, 15) is 9.18 Å². The highest BCUT2D eigenvalue weighted by atomic mass is 35.5. The lowest BCUT2D eigenvalue weighted by atomic mass is 10.2. The largest absolute Gasteiger partial charge is 0.352 e. The third-order valence-electron chi connectivity index (χ3n) is 4.85. The predicted molar refractivity (Wildman–Crippen MR) is 118 cm³/mol. The number of amides is 1. The minimum atomic E-state index is -0.376. The number of aromatic nitrogens is 2. The number of carbonyl (C=O) groups excluding carboxylic acids is 1. The molecule has 0 aliphatic carbocycles. The quantitative estimate of drug-likeness (QED) is 0.429. The number of nitrogens with one attached hydrogen (secondary N) is 1. The number of benzene rings is 3. The highest BCUT2D eigenvalue weighted by Crippen LogP contribution is 2.27. The number of hydrogen-bond donors (Lipinski definition) is 1. The second-order valence-electron chi connectivity index (χ2n) is 6.82. The Morgan fingerprint density at radius 2 is 1.67 bits per heavy atom. The van der Waals surface area contributed by atoms with Crippen molar-refractivity contribution in [3.05, 3.63) is 99.5 Å². The van der Waals surface area contributed by atoms with E-state index >= 15 is 0 Å². The molecule has 0 fully saturated rings. The minimum Gasteiger partial charge on any atom is -0.352 e. The molecule has 0 saturated carbocycles. The molecule has 1 aromatic heterocycles. The maximum absolute atomic E-state index is 13.0. The van der Waals surface area contributed by atoms with Crippen LogP contribution < -0.4 is 5.32 Å². The molecule has 0 saturated heterocycles. The molecular weight excluding hydrogens is 424 g/mol. The van der Waals surface area contributed by atoms with Gasteiger partial charge in [0.25, 0.3) is 5.91 Å². The van der Waals surface area contributed by atoms with Gasteiger partial charge in [-0.2, -0.15) is 0 Å². The molecule has 0 radical (unpaired) electrons. The van der Waals surface area contributed by atoms with Crippen molar-refractivity contribution in [3.8, 4) is 0 Å². The van der Waals surface area contributed by atoms with E-state index in [1.807, 2.05) is 42.5 Å². The Hall–Kier alpha value is -2.89. The number of imidazole rings is 1. The number of carbonyl (C=O) groups is 1. The van der Waals surface area contributed by atoms with Gasteiger partial charge in [0.05, 0.1) is 17.6 Å². The number of nitrogens with zero attached hydrogens (tertiary/aromatic N) is 2. The van der Waals surface area contributed by atoms with Crippen molar-refractivity contribution in [1.29, 1.82) is 0 Å². The van der Waals surface area contributed by atoms with Gasteiger partial charge in [0, 0.05) is 34.1 Å². The first-order chi connectivity index (χ1) is 14.5. The molecule has 0 spiro atoms. The Kier molecular flexibility index (Phi) is 6.02. The van der Waals surface area contributed by atoms with Crippen molar-refractivity contribution >= 4 is 40.1 Å². The van der Waals surface area contributed by atoms with Crippen LogP contribution in [0.4, 0.5) is 4.39 Å². The second-order valence-corrected chi connectivity index (χ2v) is 7.63. The SMILES string of the molecule is O=C(NCCc1nc2ccccc2n1Cc1c(Cl)cccc1Cl)c1ccc(F)cc1. The van der Waals surface area contributed by atoms with Crippen LogP contribution in [0.5, 0.6) is 0 Å². The molecule has 30 heavy (non-hydrogen) atoms. The summed E-state index contributed by atoms with van der Waals surface area (Å²) in [5, 5.41) is 4.04. The molecule has 0 bridgehead atoms. The first-order valence-electron chi connectivity index (χ1n) is 9.44. The van der Waals surface area contributed by atoms with Crippen molar-refractivity contribution in [2.24, 2.45) is 0 Å². The fraction of sp³-hybridized carbons (Fsp3) is 0.130. The van der Waals surface area contributed by atoms with Crippen LogP contribution >= 0.6 is 23.2 Å². The van der Waals surface area contributed by atoms with Crippen LogP contribution in [0.15, 0.2) is 66.7 Å². The van der Waals surface area contributed by atoms with Gasteiger partial charge in [-0.1, -0.05) is 41.4 Å². The van der Waals surface area contributed by atoms with Crippen molar-refractivity contribution in [3.63, 3.8) is 0 Å². The molecule has 1 heterocycles. The summed E-state index contributed by atoms with van der Waals surface area (Å²) < 4.78 is 15.1. The van der Waals surface area contributed by atoms with Gasteiger partial charge in [-0.05, 0) is 48.5 Å². The third-order valence-corrected chi connectivity index (χ3v) is 5.56. The Balaban J connectivity index is 1.56. The number of hydrogen-bond acceptors (Lipinski definition) is 2. The number of rotatable bonds is 6. The van der Waals surface area contributed by atoms with E-state index in [-0.39, 0.29) is 11.7 Å². The molecule has 7 heteroatoms. The summed E-state index contributed by atoms with van der Waals surface area (Å²) in [5.74, 6) is 0.178. The Bertz CT molecular complexity index is 1180. The first kappa shape index (κ1) is 20.4. The summed E-state index contributed by atoms with van der Waals surface area (Å²) in [6, 6.07) is 18.7. The maximum atomic E-state index is 13.0. The fourth-order valence-corrected chi connectivity index (χ4v) is 3.84. The van der Waals surface area contributed by atoms with E-state index in [1.54, 1.807) is 0 Å². The van der Waals surface area contributed by atoms with Crippen LogP contribution in [-0.2, 0) is 13.0 Å². The number of para-hydroxylation sites is 2. The van der Waals surface area contributed by atoms with E-state index < -0.39 is 0 Å². The highest BCUT2D eigenvalue weighted by molar-refractivity contribution is 6.36. The molecule has 1 amide bonds. The summed E-state index contributed by atoms with van der Waals surface area (Å²) in [5.41, 5.74) is 3.06. The smallest absolute Gasteiger partial charge is 0.251 e. The lowest BCUT2D eigenvalue weighted by Crippen LogP contribution is -2.26. The highest BCUT2D eigenvalue weighted by Gasteiger charge is 2.14. The topological polar surface area (TPSA) is 46.9 Å². The van der Waals surface area contributed by atoms with Crippen molar-refractivity contribution < 1.29 is 9.18 Å². The van der Waals surface area contributed by atoms with E-state index in [4.69, 9.17) is 28.2 Å². The fourth-order valence-electron chi connectivity index (χ4n) is 3.33. The second kappa shape index (κ2) is 8.86. The van der Waals surface area contributed by atoms with Gasteiger partial charge in [-0.25, -0.2) is 9.37 Å². The normalized spacial score (nSPS) is 11.0. The van der Waals surface area contributed by atoms with Gasteiger partial charge in [-0.3, -0.25) is 4.79 Å². The van der Waals surface area contributed by atoms with Gasteiger partial charge < -0.3 is 9.88 Å². The standard InChI is InChI=1S/C23H18Cl2FN3O/c24-18-4-3-5-19(25)17(18)14-29-21-7-2-1-6-20(21)28-22(29)12-13-27-23(30)15-8-10-16(26)11-9-15/h1-11H,12-14H2,(H,27,30). The molecule has 0 unspecified atom stereocenters. The van der Waals surface area contributed by atoms with E-state index in [2.05, 4.69) is 9.88 Å². The number of halogens is 3. The summed E-state index contributed by atoms with van der Waals surface area (Å²) in [6.07, 6.45) is 0.518. The van der Waals surface area contributed by atoms with Gasteiger partial charge in [0.15, 0.2) is 0 Å². The molecule has 1 N–H and O–H groups in total. The third kappa shape index (κ3) is 4.32. The summed E-state index contributed by atoms with van der Waals surface area (Å²) in [7, 11) is 0. The van der Waals surface area contributed by atoms with Crippen molar-refractivity contribution in [1.82, 2.24) is 14.9 Å². The van der Waals surface area contributed by atoms with E-state index in [0.29, 0.717) is 35.1 Å². The average Bonchev–Trinajstić information content (AvgIpc) is 3.08. The predicted octanol–water partition coefficient (Wildman–Crippen LogP) is 5.50. The molecule has 4 aromatic rings. The molecule has 4 rings (SSSR count). The van der Waals surface area contributed by atoms with E-state index in [1.165, 1.54) is 24.3 Å². The van der Waals surface area contributed by atoms with Gasteiger partial charge >= 0.3 is 0 Å².